The minimum atomic E-state index is -4.46. The quantitative estimate of drug-likeness (QED) is 0.235. The van der Waals surface area contributed by atoms with E-state index in [1.807, 2.05) is 6.26 Å². The molecule has 2 N–H and O–H groups in total. The SMILES string of the molecule is CSc1nc(N)c2nc(N(c3ccc(C(F)(F)F)cc3)c3c(Cl)cccc3Cl)sc2n1. The van der Waals surface area contributed by atoms with E-state index >= 15 is 0 Å². The molecular formula is C19H12Cl2F3N5S2. The van der Waals surface area contributed by atoms with Crippen LogP contribution in [0.2, 0.25) is 10.0 Å². The van der Waals surface area contributed by atoms with E-state index in [0.717, 1.165) is 12.1 Å². The fourth-order valence-electron chi connectivity index (χ4n) is 2.84. The first-order valence-electron chi connectivity index (χ1n) is 8.58. The number of halogens is 5. The van der Waals surface area contributed by atoms with Gasteiger partial charge in [-0.15, -0.1) is 0 Å². The van der Waals surface area contributed by atoms with Gasteiger partial charge in [0.1, 0.15) is 5.52 Å². The van der Waals surface area contributed by atoms with Crippen LogP contribution in [0.1, 0.15) is 5.56 Å². The van der Waals surface area contributed by atoms with E-state index in [1.165, 1.54) is 35.2 Å². The Hall–Kier alpha value is -2.27. The number of hydrogen-bond donors (Lipinski definition) is 1. The lowest BCUT2D eigenvalue weighted by Gasteiger charge is -2.24. The molecule has 2 aromatic heterocycles. The predicted molar refractivity (Wildman–Crippen MR) is 121 cm³/mol. The fourth-order valence-corrected chi connectivity index (χ4v) is 4.81. The molecule has 2 heterocycles. The van der Waals surface area contributed by atoms with Crippen LogP contribution in [-0.4, -0.2) is 21.2 Å². The van der Waals surface area contributed by atoms with Gasteiger partial charge in [0, 0.05) is 5.69 Å². The van der Waals surface area contributed by atoms with Crippen molar-refractivity contribution >= 4 is 79.0 Å². The zero-order chi connectivity index (χ0) is 22.3. The van der Waals surface area contributed by atoms with Crippen LogP contribution in [0, 0.1) is 0 Å². The van der Waals surface area contributed by atoms with Crippen molar-refractivity contribution in [1.82, 2.24) is 15.0 Å². The minimum absolute atomic E-state index is 0.203. The molecule has 0 bridgehead atoms. The van der Waals surface area contributed by atoms with E-state index in [1.54, 1.807) is 23.1 Å². The average Bonchev–Trinajstić information content (AvgIpc) is 3.14. The summed E-state index contributed by atoms with van der Waals surface area (Å²) in [6, 6.07) is 9.57. The van der Waals surface area contributed by atoms with Gasteiger partial charge in [-0.1, -0.05) is 52.4 Å². The molecule has 2 aromatic carbocycles. The summed E-state index contributed by atoms with van der Waals surface area (Å²) >= 11 is 15.4. The third kappa shape index (κ3) is 4.25. The first-order valence-corrected chi connectivity index (χ1v) is 11.4. The van der Waals surface area contributed by atoms with Gasteiger partial charge in [0.25, 0.3) is 0 Å². The first-order chi connectivity index (χ1) is 14.7. The number of thiazole rings is 1. The molecule has 0 aliphatic rings. The summed E-state index contributed by atoms with van der Waals surface area (Å²) in [5.74, 6) is 0.203. The second-order valence-corrected chi connectivity index (χ2v) is 8.74. The van der Waals surface area contributed by atoms with Crippen LogP contribution < -0.4 is 10.6 Å². The number of rotatable bonds is 4. The Balaban J connectivity index is 1.93. The molecule has 0 saturated carbocycles. The number of anilines is 4. The van der Waals surface area contributed by atoms with Crippen LogP contribution >= 0.6 is 46.3 Å². The molecule has 0 unspecified atom stereocenters. The summed E-state index contributed by atoms with van der Waals surface area (Å²) in [5, 5.41) is 1.46. The molecule has 0 fully saturated rings. The second-order valence-electron chi connectivity index (χ2n) is 6.20. The molecular weight excluding hydrogens is 490 g/mol. The van der Waals surface area contributed by atoms with Gasteiger partial charge in [-0.05, 0) is 42.7 Å². The Morgan fingerprint density at radius 1 is 1.00 bits per heavy atom. The van der Waals surface area contributed by atoms with Crippen molar-refractivity contribution in [2.75, 3.05) is 16.9 Å². The molecule has 160 valence electrons. The zero-order valence-electron chi connectivity index (χ0n) is 15.6. The molecule has 4 rings (SSSR count). The van der Waals surface area contributed by atoms with Gasteiger partial charge in [-0.3, -0.25) is 4.90 Å². The number of alkyl halides is 3. The molecule has 0 aliphatic carbocycles. The number of fused-ring (bicyclic) bond motifs is 1. The zero-order valence-corrected chi connectivity index (χ0v) is 18.8. The number of para-hydroxylation sites is 1. The van der Waals surface area contributed by atoms with Gasteiger partial charge in [0.05, 0.1) is 21.3 Å². The lowest BCUT2D eigenvalue weighted by Crippen LogP contribution is -2.12. The summed E-state index contributed by atoms with van der Waals surface area (Å²) in [4.78, 5) is 15.3. The third-order valence-corrected chi connectivity index (χ3v) is 6.33. The monoisotopic (exact) mass is 501 g/mol. The topological polar surface area (TPSA) is 67.9 Å². The van der Waals surface area contributed by atoms with Crippen LogP contribution in [0.4, 0.5) is 35.5 Å². The number of nitrogen functional groups attached to an aromatic ring is 1. The molecule has 0 radical (unpaired) electrons. The Bertz CT molecular complexity index is 1240. The van der Waals surface area contributed by atoms with Gasteiger partial charge < -0.3 is 5.73 Å². The van der Waals surface area contributed by atoms with Crippen molar-refractivity contribution < 1.29 is 13.2 Å². The highest BCUT2D eigenvalue weighted by molar-refractivity contribution is 7.98. The maximum Gasteiger partial charge on any atom is 0.416 e. The maximum absolute atomic E-state index is 13.1. The molecule has 5 nitrogen and oxygen atoms in total. The van der Waals surface area contributed by atoms with Crippen LogP contribution in [0.25, 0.3) is 10.3 Å². The molecule has 0 aliphatic heterocycles. The molecule has 31 heavy (non-hydrogen) atoms. The highest BCUT2D eigenvalue weighted by Crippen LogP contribution is 2.46. The number of thioether (sulfide) groups is 1. The van der Waals surface area contributed by atoms with Crippen LogP contribution in [0.3, 0.4) is 0 Å². The van der Waals surface area contributed by atoms with Gasteiger partial charge in [0.15, 0.2) is 20.9 Å². The van der Waals surface area contributed by atoms with Gasteiger partial charge in [-0.2, -0.15) is 13.2 Å². The summed E-state index contributed by atoms with van der Waals surface area (Å²) < 4.78 is 39.2. The summed E-state index contributed by atoms with van der Waals surface area (Å²) in [5.41, 5.74) is 6.41. The molecule has 0 atom stereocenters. The molecule has 0 amide bonds. The lowest BCUT2D eigenvalue weighted by molar-refractivity contribution is -0.137. The largest absolute Gasteiger partial charge is 0.416 e. The summed E-state index contributed by atoms with van der Waals surface area (Å²) in [6.45, 7) is 0. The Morgan fingerprint density at radius 3 is 2.23 bits per heavy atom. The number of hydrogen-bond acceptors (Lipinski definition) is 7. The van der Waals surface area contributed by atoms with Crippen LogP contribution in [0.15, 0.2) is 47.6 Å². The maximum atomic E-state index is 13.1. The number of nitrogens with zero attached hydrogens (tertiary/aromatic N) is 4. The smallest absolute Gasteiger partial charge is 0.382 e. The van der Waals surface area contributed by atoms with E-state index in [-0.39, 0.29) is 5.82 Å². The van der Waals surface area contributed by atoms with Crippen molar-refractivity contribution in [2.45, 2.75) is 11.3 Å². The van der Waals surface area contributed by atoms with E-state index in [4.69, 9.17) is 28.9 Å². The van der Waals surface area contributed by atoms with Crippen molar-refractivity contribution in [2.24, 2.45) is 0 Å². The molecule has 0 saturated heterocycles. The molecule has 4 aromatic rings. The molecule has 0 spiro atoms. The number of aromatic nitrogens is 3. The highest BCUT2D eigenvalue weighted by Gasteiger charge is 2.31. The fraction of sp³-hybridized carbons (Fsp3) is 0.105. The van der Waals surface area contributed by atoms with Gasteiger partial charge in [-0.25, -0.2) is 15.0 Å². The van der Waals surface area contributed by atoms with E-state index in [9.17, 15) is 13.2 Å². The standard InChI is InChI=1S/C19H12Cl2F3N5S2/c1-30-17-27-15(25)13-16(28-17)31-18(26-13)29(14-11(20)3-2-4-12(14)21)10-7-5-9(6-8-10)19(22,23)24/h2-8H,1H3,(H2,25,27,28). The second kappa shape index (κ2) is 8.34. The predicted octanol–water partition coefficient (Wildman–Crippen LogP) is 7.19. The van der Waals surface area contributed by atoms with Gasteiger partial charge in [0.2, 0.25) is 0 Å². The lowest BCUT2D eigenvalue weighted by atomic mass is 10.1. The van der Waals surface area contributed by atoms with Crippen molar-refractivity contribution in [1.29, 1.82) is 0 Å². The number of benzene rings is 2. The Morgan fingerprint density at radius 2 is 1.65 bits per heavy atom. The number of nitrogens with two attached hydrogens (primary N) is 1. The van der Waals surface area contributed by atoms with Crippen molar-refractivity contribution in [3.63, 3.8) is 0 Å². The first kappa shape index (κ1) is 21.9. The van der Waals surface area contributed by atoms with Crippen molar-refractivity contribution in [3.05, 3.63) is 58.1 Å². The van der Waals surface area contributed by atoms with Crippen molar-refractivity contribution in [3.8, 4) is 0 Å². The normalized spacial score (nSPS) is 11.8. The Labute approximate surface area is 193 Å². The van der Waals surface area contributed by atoms with E-state index in [2.05, 4.69) is 15.0 Å². The third-order valence-electron chi connectivity index (χ3n) is 4.24. The summed E-state index contributed by atoms with van der Waals surface area (Å²) in [7, 11) is 0. The Kier molecular flexibility index (Phi) is 5.91. The minimum Gasteiger partial charge on any atom is -0.382 e. The van der Waals surface area contributed by atoms with Crippen LogP contribution in [-0.2, 0) is 6.18 Å². The average molecular weight is 502 g/mol. The summed E-state index contributed by atoms with van der Waals surface area (Å²) in [6.07, 6.45) is -2.64. The van der Waals surface area contributed by atoms with E-state index < -0.39 is 11.7 Å². The van der Waals surface area contributed by atoms with Gasteiger partial charge >= 0.3 is 6.18 Å². The molecule has 12 heteroatoms. The van der Waals surface area contributed by atoms with Crippen LogP contribution in [0.5, 0.6) is 0 Å². The highest BCUT2D eigenvalue weighted by atomic mass is 35.5. The van der Waals surface area contributed by atoms with E-state index in [0.29, 0.717) is 42.1 Å².